The van der Waals surface area contributed by atoms with Gasteiger partial charge in [-0.1, -0.05) is 19.9 Å². The van der Waals surface area contributed by atoms with Crippen molar-refractivity contribution in [3.05, 3.63) is 69.0 Å². The number of non-ortho nitro benzene ring substituents is 1. The summed E-state index contributed by atoms with van der Waals surface area (Å²) in [6, 6.07) is 5.95. The number of carbonyl (C=O) groups excluding carboxylic acids is 2. The Bertz CT molecular complexity index is 1200. The standard InChI is InChI=1S/C26H30F4N2O8.C2H6/c1-25(2,3)40-24(34)31(10-12-38-11-9-23(33)37-4)15-18-14-19(32(35)36)6-8-22(18)39-16-17-5-7-21(27)20(13-17)26(28,29)30;1-2/h5-8,13-14H,9-12,15-16H2,1-4H3;1-2H3. The monoisotopic (exact) mass is 604 g/mol. The Hall–Kier alpha value is -3.94. The van der Waals surface area contributed by atoms with Crippen LogP contribution in [0.1, 0.15) is 57.7 Å². The Morgan fingerprint density at radius 2 is 1.69 bits per heavy atom. The van der Waals surface area contributed by atoms with Gasteiger partial charge in [-0.25, -0.2) is 9.18 Å². The van der Waals surface area contributed by atoms with Crippen LogP contribution in [0.5, 0.6) is 5.75 Å². The highest BCUT2D eigenvalue weighted by molar-refractivity contribution is 5.69. The van der Waals surface area contributed by atoms with Crippen molar-refractivity contribution in [2.75, 3.05) is 26.9 Å². The van der Waals surface area contributed by atoms with E-state index in [1.165, 1.54) is 18.1 Å². The smallest absolute Gasteiger partial charge is 0.419 e. The largest absolute Gasteiger partial charge is 0.489 e. The number of ether oxygens (including phenoxy) is 4. The van der Waals surface area contributed by atoms with Gasteiger partial charge < -0.3 is 23.8 Å². The molecule has 2 aromatic rings. The van der Waals surface area contributed by atoms with Crippen LogP contribution in [0.2, 0.25) is 0 Å². The molecule has 2 rings (SSSR count). The molecule has 0 fully saturated rings. The van der Waals surface area contributed by atoms with Gasteiger partial charge in [-0.2, -0.15) is 13.2 Å². The molecular formula is C28H36F4N2O8. The molecule has 10 nitrogen and oxygen atoms in total. The third-order valence-corrected chi connectivity index (χ3v) is 5.18. The third kappa shape index (κ3) is 12.3. The van der Waals surface area contributed by atoms with Gasteiger partial charge in [0.1, 0.15) is 23.8 Å². The van der Waals surface area contributed by atoms with Crippen LogP contribution >= 0.6 is 0 Å². The minimum absolute atomic E-state index is 0.000956. The molecule has 0 aliphatic heterocycles. The SMILES string of the molecule is CC.COC(=O)CCOCCN(Cc1cc([N+](=O)[O-])ccc1OCc1ccc(F)c(C(F)(F)F)c1)C(=O)OC(C)(C)C. The van der Waals surface area contributed by atoms with Gasteiger partial charge in [0.15, 0.2) is 0 Å². The molecule has 0 N–H and O–H groups in total. The number of hydrogen-bond acceptors (Lipinski definition) is 8. The Balaban J connectivity index is 0.00000431. The number of rotatable bonds is 12. The van der Waals surface area contributed by atoms with E-state index in [4.69, 9.17) is 14.2 Å². The molecule has 0 aliphatic carbocycles. The summed E-state index contributed by atoms with van der Waals surface area (Å²) < 4.78 is 73.9. The van der Waals surface area contributed by atoms with E-state index in [2.05, 4.69) is 4.74 Å². The number of halogens is 4. The van der Waals surface area contributed by atoms with E-state index in [0.29, 0.717) is 12.1 Å². The first-order chi connectivity index (χ1) is 19.6. The van der Waals surface area contributed by atoms with Gasteiger partial charge in [-0.3, -0.25) is 14.9 Å². The van der Waals surface area contributed by atoms with E-state index in [9.17, 15) is 37.3 Å². The second-order valence-corrected chi connectivity index (χ2v) is 9.49. The zero-order chi connectivity index (χ0) is 32.1. The average Bonchev–Trinajstić information content (AvgIpc) is 2.91. The van der Waals surface area contributed by atoms with Crippen molar-refractivity contribution < 1.29 is 51.0 Å². The molecule has 0 aromatic heterocycles. The molecule has 42 heavy (non-hydrogen) atoms. The molecule has 14 heteroatoms. The fourth-order valence-electron chi connectivity index (χ4n) is 3.29. The highest BCUT2D eigenvalue weighted by Gasteiger charge is 2.34. The number of methoxy groups -OCH3 is 1. The number of esters is 1. The first-order valence-corrected chi connectivity index (χ1v) is 13.0. The summed E-state index contributed by atoms with van der Waals surface area (Å²) in [6.07, 6.45) is -5.69. The van der Waals surface area contributed by atoms with E-state index in [1.807, 2.05) is 13.8 Å². The second kappa shape index (κ2) is 16.5. The zero-order valence-electron chi connectivity index (χ0n) is 24.4. The predicted octanol–water partition coefficient (Wildman–Crippen LogP) is 6.67. The highest BCUT2D eigenvalue weighted by Crippen LogP contribution is 2.33. The maximum Gasteiger partial charge on any atom is 0.419 e. The maximum absolute atomic E-state index is 13.7. The topological polar surface area (TPSA) is 117 Å². The van der Waals surface area contributed by atoms with E-state index in [-0.39, 0.29) is 55.3 Å². The summed E-state index contributed by atoms with van der Waals surface area (Å²) in [4.78, 5) is 36.1. The number of nitrogens with zero attached hydrogens (tertiary/aromatic N) is 2. The van der Waals surface area contributed by atoms with Gasteiger partial charge >= 0.3 is 18.2 Å². The molecule has 0 heterocycles. The number of benzene rings is 2. The molecule has 0 radical (unpaired) electrons. The van der Waals surface area contributed by atoms with Gasteiger partial charge in [-0.05, 0) is 44.5 Å². The lowest BCUT2D eigenvalue weighted by atomic mass is 10.1. The van der Waals surface area contributed by atoms with Crippen LogP contribution in [0.4, 0.5) is 28.0 Å². The lowest BCUT2D eigenvalue weighted by Gasteiger charge is -2.28. The van der Waals surface area contributed by atoms with Crippen molar-refractivity contribution in [1.82, 2.24) is 4.90 Å². The predicted molar refractivity (Wildman–Crippen MR) is 144 cm³/mol. The fraction of sp³-hybridized carbons (Fsp3) is 0.500. The maximum atomic E-state index is 13.7. The average molecular weight is 605 g/mol. The van der Waals surface area contributed by atoms with Gasteiger partial charge in [-0.15, -0.1) is 0 Å². The Kier molecular flexibility index (Phi) is 14.2. The molecule has 0 aliphatic rings. The molecular weight excluding hydrogens is 568 g/mol. The number of hydrogen-bond donors (Lipinski definition) is 0. The van der Waals surface area contributed by atoms with E-state index < -0.39 is 46.8 Å². The molecule has 0 saturated heterocycles. The lowest BCUT2D eigenvalue weighted by Crippen LogP contribution is -2.38. The Labute approximate surface area is 241 Å². The van der Waals surface area contributed by atoms with Crippen LogP contribution in [0.15, 0.2) is 36.4 Å². The van der Waals surface area contributed by atoms with E-state index in [1.54, 1.807) is 20.8 Å². The van der Waals surface area contributed by atoms with Crippen molar-refractivity contribution in [1.29, 1.82) is 0 Å². The molecule has 1 amide bonds. The van der Waals surface area contributed by atoms with Gasteiger partial charge in [0.25, 0.3) is 5.69 Å². The van der Waals surface area contributed by atoms with E-state index in [0.717, 1.165) is 18.2 Å². The first-order valence-electron chi connectivity index (χ1n) is 13.0. The number of alkyl halides is 3. The Morgan fingerprint density at radius 3 is 2.26 bits per heavy atom. The molecule has 0 unspecified atom stereocenters. The van der Waals surface area contributed by atoms with Crippen LogP contribution in [-0.2, 0) is 38.3 Å². The molecule has 0 bridgehead atoms. The summed E-state index contributed by atoms with van der Waals surface area (Å²) in [5.41, 5.74) is -2.49. The van der Waals surface area contributed by atoms with Crippen LogP contribution < -0.4 is 4.74 Å². The van der Waals surface area contributed by atoms with Crippen molar-refractivity contribution in [2.45, 2.75) is 66.0 Å². The van der Waals surface area contributed by atoms with Gasteiger partial charge in [0.05, 0.1) is 43.8 Å². The molecule has 234 valence electrons. The van der Waals surface area contributed by atoms with E-state index >= 15 is 0 Å². The van der Waals surface area contributed by atoms with Crippen molar-refractivity contribution in [3.8, 4) is 5.75 Å². The molecule has 0 atom stereocenters. The number of amides is 1. The summed E-state index contributed by atoms with van der Waals surface area (Å²) in [6.45, 7) is 8.25. The summed E-state index contributed by atoms with van der Waals surface area (Å²) in [5.74, 6) is -1.87. The number of nitro benzene ring substituents is 1. The summed E-state index contributed by atoms with van der Waals surface area (Å²) in [5, 5.41) is 11.4. The minimum Gasteiger partial charge on any atom is -0.489 e. The van der Waals surface area contributed by atoms with Gasteiger partial charge in [0, 0.05) is 24.2 Å². The summed E-state index contributed by atoms with van der Waals surface area (Å²) >= 11 is 0. The first kappa shape index (κ1) is 36.1. The fourth-order valence-corrected chi connectivity index (χ4v) is 3.29. The molecule has 0 spiro atoms. The van der Waals surface area contributed by atoms with Gasteiger partial charge in [0.2, 0.25) is 0 Å². The van der Waals surface area contributed by atoms with Crippen LogP contribution in [-0.4, -0.2) is 54.4 Å². The quantitative estimate of drug-likeness (QED) is 0.0867. The minimum atomic E-state index is -4.91. The van der Waals surface area contributed by atoms with Crippen LogP contribution in [0.25, 0.3) is 0 Å². The highest BCUT2D eigenvalue weighted by atomic mass is 19.4. The normalized spacial score (nSPS) is 11.2. The number of carbonyl (C=O) groups is 2. The van der Waals surface area contributed by atoms with Crippen LogP contribution in [0.3, 0.4) is 0 Å². The summed E-state index contributed by atoms with van der Waals surface area (Å²) in [7, 11) is 1.23. The number of nitro groups is 1. The second-order valence-electron chi connectivity index (χ2n) is 9.49. The lowest BCUT2D eigenvalue weighted by molar-refractivity contribution is -0.385. The van der Waals surface area contributed by atoms with Crippen LogP contribution in [0, 0.1) is 15.9 Å². The van der Waals surface area contributed by atoms with Crippen molar-refractivity contribution in [2.24, 2.45) is 0 Å². The Morgan fingerprint density at radius 1 is 1.02 bits per heavy atom. The third-order valence-electron chi connectivity index (χ3n) is 5.18. The molecule has 2 aromatic carbocycles. The zero-order valence-corrected chi connectivity index (χ0v) is 24.4. The van der Waals surface area contributed by atoms with Crippen molar-refractivity contribution >= 4 is 17.7 Å². The molecule has 0 saturated carbocycles. The van der Waals surface area contributed by atoms with Crippen molar-refractivity contribution in [3.63, 3.8) is 0 Å².